The number of carbonyl (C=O) groups excluding carboxylic acids is 1. The van der Waals surface area contributed by atoms with E-state index in [2.05, 4.69) is 25.8 Å². The number of guanidine groups is 1. The monoisotopic (exact) mass is 537 g/mol. The fraction of sp³-hybridized carbons (Fsp3) is 0.600. The van der Waals surface area contributed by atoms with E-state index in [-0.39, 0.29) is 41.3 Å². The van der Waals surface area contributed by atoms with Crippen molar-refractivity contribution in [2.45, 2.75) is 33.2 Å². The summed E-state index contributed by atoms with van der Waals surface area (Å²) in [6.45, 7) is 8.60. The molecule has 29 heavy (non-hydrogen) atoms. The van der Waals surface area contributed by atoms with Gasteiger partial charge in [-0.3, -0.25) is 9.79 Å². The van der Waals surface area contributed by atoms with E-state index in [1.807, 2.05) is 39.0 Å². The quantitative estimate of drug-likeness (QED) is 0.225. The number of anilines is 1. The number of hydrogen-bond acceptors (Lipinski definition) is 4. The Balaban J connectivity index is 0.00000420. The Labute approximate surface area is 196 Å². The van der Waals surface area contributed by atoms with Crippen molar-refractivity contribution in [3.8, 4) is 5.75 Å². The standard InChI is InChI=1S/C20H32ClN5O2.HI/c1-20(2,3)18(27)23-9-10-24-19(22-4)25-15-8-11-26(13-15)16-12-14(21)6-7-17(16)28-5;/h6-7,12,15H,8-11,13H2,1-5H3,(H,23,27)(H2,22,24,25);1H. The van der Waals surface area contributed by atoms with Gasteiger partial charge in [-0.1, -0.05) is 32.4 Å². The molecular formula is C20H33ClIN5O2. The fourth-order valence-corrected chi connectivity index (χ4v) is 3.18. The maximum absolute atomic E-state index is 11.9. The lowest BCUT2D eigenvalue weighted by Gasteiger charge is -2.22. The molecule has 1 aromatic rings. The average Bonchev–Trinajstić information content (AvgIpc) is 3.11. The van der Waals surface area contributed by atoms with Gasteiger partial charge in [0.25, 0.3) is 0 Å². The van der Waals surface area contributed by atoms with Gasteiger partial charge in [0, 0.05) is 49.7 Å². The van der Waals surface area contributed by atoms with Crippen LogP contribution < -0.4 is 25.6 Å². The van der Waals surface area contributed by atoms with Crippen LogP contribution in [0.1, 0.15) is 27.2 Å². The van der Waals surface area contributed by atoms with Gasteiger partial charge >= 0.3 is 0 Å². The number of aliphatic imine (C=N–C) groups is 1. The Morgan fingerprint density at radius 3 is 2.62 bits per heavy atom. The van der Waals surface area contributed by atoms with Crippen LogP contribution in [0.25, 0.3) is 0 Å². The second kappa shape index (κ2) is 11.7. The van der Waals surface area contributed by atoms with Crippen molar-refractivity contribution >= 4 is 53.1 Å². The Morgan fingerprint density at radius 2 is 2.00 bits per heavy atom. The minimum atomic E-state index is -0.380. The SMILES string of the molecule is CN=C(NCCNC(=O)C(C)(C)C)NC1CCN(c2cc(Cl)ccc2OC)C1.I. The van der Waals surface area contributed by atoms with Crippen molar-refractivity contribution in [1.29, 1.82) is 0 Å². The Morgan fingerprint density at radius 1 is 1.31 bits per heavy atom. The number of benzene rings is 1. The molecule has 1 fully saturated rings. The zero-order chi connectivity index (χ0) is 20.7. The molecule has 0 saturated carbocycles. The van der Waals surface area contributed by atoms with Gasteiger partial charge in [0.15, 0.2) is 5.96 Å². The van der Waals surface area contributed by atoms with Gasteiger partial charge in [-0.15, -0.1) is 24.0 Å². The molecule has 1 amide bonds. The van der Waals surface area contributed by atoms with Crippen LogP contribution in [0.5, 0.6) is 5.75 Å². The average molecular weight is 538 g/mol. The predicted molar refractivity (Wildman–Crippen MR) is 131 cm³/mol. The van der Waals surface area contributed by atoms with Crippen molar-refractivity contribution in [2.75, 3.05) is 45.2 Å². The molecule has 1 aliphatic rings. The van der Waals surface area contributed by atoms with Crippen LogP contribution in [0.3, 0.4) is 0 Å². The van der Waals surface area contributed by atoms with E-state index >= 15 is 0 Å². The van der Waals surface area contributed by atoms with E-state index in [1.54, 1.807) is 14.2 Å². The first kappa shape index (κ1) is 25.6. The van der Waals surface area contributed by atoms with Crippen LogP contribution in [0.15, 0.2) is 23.2 Å². The van der Waals surface area contributed by atoms with Crippen LogP contribution in [0.2, 0.25) is 5.02 Å². The highest BCUT2D eigenvalue weighted by Gasteiger charge is 2.25. The molecule has 9 heteroatoms. The van der Waals surface area contributed by atoms with Gasteiger partial charge < -0.3 is 25.6 Å². The number of hydrogen-bond donors (Lipinski definition) is 3. The van der Waals surface area contributed by atoms with E-state index in [0.29, 0.717) is 18.1 Å². The van der Waals surface area contributed by atoms with Gasteiger partial charge in [-0.2, -0.15) is 0 Å². The molecule has 0 aliphatic carbocycles. The molecule has 0 bridgehead atoms. The van der Waals surface area contributed by atoms with E-state index in [0.717, 1.165) is 36.9 Å². The first-order chi connectivity index (χ1) is 13.2. The first-order valence-corrected chi connectivity index (χ1v) is 9.96. The van der Waals surface area contributed by atoms with Crippen molar-refractivity contribution in [3.63, 3.8) is 0 Å². The van der Waals surface area contributed by atoms with Crippen LogP contribution in [0, 0.1) is 5.41 Å². The van der Waals surface area contributed by atoms with E-state index in [4.69, 9.17) is 16.3 Å². The number of methoxy groups -OCH3 is 1. The molecule has 0 spiro atoms. The van der Waals surface area contributed by atoms with Gasteiger partial charge in [0.2, 0.25) is 5.91 Å². The Hall–Kier alpha value is -1.42. The lowest BCUT2D eigenvalue weighted by Crippen LogP contribution is -2.47. The summed E-state index contributed by atoms with van der Waals surface area (Å²) in [6.07, 6.45) is 0.983. The van der Waals surface area contributed by atoms with Gasteiger partial charge in [0.05, 0.1) is 12.8 Å². The summed E-state index contributed by atoms with van der Waals surface area (Å²) in [5.74, 6) is 1.59. The van der Waals surface area contributed by atoms with Crippen LogP contribution in [-0.4, -0.2) is 58.2 Å². The molecule has 1 heterocycles. The molecule has 1 saturated heterocycles. The third kappa shape index (κ3) is 7.73. The lowest BCUT2D eigenvalue weighted by molar-refractivity contribution is -0.128. The highest BCUT2D eigenvalue weighted by Crippen LogP contribution is 2.33. The zero-order valence-corrected chi connectivity index (χ0v) is 20.9. The summed E-state index contributed by atoms with van der Waals surface area (Å²) in [4.78, 5) is 18.4. The second-order valence-corrected chi connectivity index (χ2v) is 8.33. The highest BCUT2D eigenvalue weighted by atomic mass is 127. The van der Waals surface area contributed by atoms with E-state index in [9.17, 15) is 4.79 Å². The number of nitrogens with zero attached hydrogens (tertiary/aromatic N) is 2. The predicted octanol–water partition coefficient (Wildman–Crippen LogP) is 2.87. The minimum Gasteiger partial charge on any atom is -0.495 e. The Bertz CT molecular complexity index is 709. The second-order valence-electron chi connectivity index (χ2n) is 7.90. The van der Waals surface area contributed by atoms with Gasteiger partial charge in [-0.05, 0) is 24.6 Å². The van der Waals surface area contributed by atoms with Gasteiger partial charge in [-0.25, -0.2) is 0 Å². The Kier molecular flexibility index (Phi) is 10.3. The smallest absolute Gasteiger partial charge is 0.225 e. The summed E-state index contributed by atoms with van der Waals surface area (Å²) in [7, 11) is 3.42. The van der Waals surface area contributed by atoms with Crippen LogP contribution in [-0.2, 0) is 4.79 Å². The van der Waals surface area contributed by atoms with Crippen molar-refractivity contribution in [1.82, 2.24) is 16.0 Å². The molecule has 1 aromatic carbocycles. The third-order valence-electron chi connectivity index (χ3n) is 4.62. The first-order valence-electron chi connectivity index (χ1n) is 9.58. The molecule has 7 nitrogen and oxygen atoms in total. The van der Waals surface area contributed by atoms with Crippen molar-refractivity contribution in [3.05, 3.63) is 23.2 Å². The number of rotatable bonds is 6. The van der Waals surface area contributed by atoms with Crippen molar-refractivity contribution in [2.24, 2.45) is 10.4 Å². The highest BCUT2D eigenvalue weighted by molar-refractivity contribution is 14.0. The molecule has 164 valence electrons. The van der Waals surface area contributed by atoms with Crippen LogP contribution in [0.4, 0.5) is 5.69 Å². The third-order valence-corrected chi connectivity index (χ3v) is 4.85. The van der Waals surface area contributed by atoms with E-state index in [1.165, 1.54) is 0 Å². The molecule has 3 N–H and O–H groups in total. The van der Waals surface area contributed by atoms with Crippen molar-refractivity contribution < 1.29 is 9.53 Å². The number of amides is 1. The number of halogens is 2. The lowest BCUT2D eigenvalue weighted by atomic mass is 9.96. The molecule has 2 rings (SSSR count). The minimum absolute atomic E-state index is 0. The van der Waals surface area contributed by atoms with Gasteiger partial charge in [0.1, 0.15) is 5.75 Å². The molecule has 1 aliphatic heterocycles. The zero-order valence-electron chi connectivity index (χ0n) is 17.8. The van der Waals surface area contributed by atoms with E-state index < -0.39 is 0 Å². The number of carbonyl (C=O) groups is 1. The summed E-state index contributed by atoms with van der Waals surface area (Å²) < 4.78 is 5.47. The summed E-state index contributed by atoms with van der Waals surface area (Å²) in [5.41, 5.74) is 0.626. The summed E-state index contributed by atoms with van der Waals surface area (Å²) in [5, 5.41) is 10.3. The maximum atomic E-state index is 11.9. The summed E-state index contributed by atoms with van der Waals surface area (Å²) >= 11 is 6.16. The van der Waals surface area contributed by atoms with Crippen LogP contribution >= 0.6 is 35.6 Å². The molecule has 1 atom stereocenters. The normalized spacial score (nSPS) is 16.8. The fourth-order valence-electron chi connectivity index (χ4n) is 3.02. The molecule has 1 unspecified atom stereocenters. The maximum Gasteiger partial charge on any atom is 0.225 e. The molecular weight excluding hydrogens is 505 g/mol. The summed E-state index contributed by atoms with van der Waals surface area (Å²) in [6, 6.07) is 5.93. The number of ether oxygens (including phenoxy) is 1. The largest absolute Gasteiger partial charge is 0.495 e. The molecule has 0 aromatic heterocycles. The topological polar surface area (TPSA) is 78.0 Å². The molecule has 0 radical (unpaired) electrons. The number of nitrogens with one attached hydrogen (secondary N) is 3.